The van der Waals surface area contributed by atoms with Crippen molar-refractivity contribution in [3.05, 3.63) is 48.2 Å². The van der Waals surface area contributed by atoms with Gasteiger partial charge in [-0.1, -0.05) is 18.9 Å². The number of hydrogen-bond acceptors (Lipinski definition) is 4. The van der Waals surface area contributed by atoms with Crippen molar-refractivity contribution < 1.29 is 4.74 Å². The SMILES string of the molecule is COc1cccc(NC(N)=NCc2ccnc(N3CCCCCC3)c2)c1.I. The Bertz CT molecular complexity index is 745. The van der Waals surface area contributed by atoms with Crippen LogP contribution in [-0.4, -0.2) is 31.1 Å². The van der Waals surface area contributed by atoms with E-state index in [4.69, 9.17) is 10.5 Å². The van der Waals surface area contributed by atoms with Gasteiger partial charge in [0.1, 0.15) is 11.6 Å². The maximum atomic E-state index is 6.02. The monoisotopic (exact) mass is 481 g/mol. The molecule has 0 unspecified atom stereocenters. The van der Waals surface area contributed by atoms with Gasteiger partial charge < -0.3 is 20.7 Å². The third-order valence-corrected chi connectivity index (χ3v) is 4.51. The first kappa shape index (κ1) is 21.3. The van der Waals surface area contributed by atoms with Crippen LogP contribution in [0.5, 0.6) is 5.75 Å². The summed E-state index contributed by atoms with van der Waals surface area (Å²) in [5, 5.41) is 3.09. The molecule has 2 heterocycles. The van der Waals surface area contributed by atoms with Crippen LogP contribution in [0.1, 0.15) is 31.2 Å². The number of hydrogen-bond donors (Lipinski definition) is 2. The van der Waals surface area contributed by atoms with Crippen molar-refractivity contribution in [2.75, 3.05) is 30.4 Å². The van der Waals surface area contributed by atoms with Crippen LogP contribution in [0.2, 0.25) is 0 Å². The van der Waals surface area contributed by atoms with Gasteiger partial charge in [-0.15, -0.1) is 24.0 Å². The Kier molecular flexibility index (Phi) is 8.63. The number of benzene rings is 1. The lowest BCUT2D eigenvalue weighted by Gasteiger charge is -2.21. The average molecular weight is 481 g/mol. The van der Waals surface area contributed by atoms with E-state index in [1.54, 1.807) is 7.11 Å². The third-order valence-electron chi connectivity index (χ3n) is 4.51. The van der Waals surface area contributed by atoms with E-state index in [2.05, 4.69) is 26.3 Å². The van der Waals surface area contributed by atoms with Crippen molar-refractivity contribution in [3.8, 4) is 5.75 Å². The summed E-state index contributed by atoms with van der Waals surface area (Å²) in [4.78, 5) is 11.4. The van der Waals surface area contributed by atoms with Crippen molar-refractivity contribution in [2.24, 2.45) is 10.7 Å². The number of methoxy groups -OCH3 is 1. The van der Waals surface area contributed by atoms with E-state index in [1.807, 2.05) is 36.5 Å². The lowest BCUT2D eigenvalue weighted by molar-refractivity contribution is 0.415. The smallest absolute Gasteiger partial charge is 0.193 e. The fraction of sp³-hybridized carbons (Fsp3) is 0.400. The van der Waals surface area contributed by atoms with Gasteiger partial charge in [0.25, 0.3) is 0 Å². The van der Waals surface area contributed by atoms with Crippen molar-refractivity contribution in [3.63, 3.8) is 0 Å². The number of aliphatic imine (C=N–C) groups is 1. The molecule has 0 aliphatic carbocycles. The molecule has 27 heavy (non-hydrogen) atoms. The van der Waals surface area contributed by atoms with Gasteiger partial charge in [-0.3, -0.25) is 0 Å². The van der Waals surface area contributed by atoms with Crippen molar-refractivity contribution in [1.82, 2.24) is 4.98 Å². The van der Waals surface area contributed by atoms with Crippen LogP contribution in [0.3, 0.4) is 0 Å². The summed E-state index contributed by atoms with van der Waals surface area (Å²) in [6.45, 7) is 2.69. The number of nitrogens with one attached hydrogen (secondary N) is 1. The van der Waals surface area contributed by atoms with Crippen molar-refractivity contribution in [1.29, 1.82) is 0 Å². The Hall–Kier alpha value is -2.03. The van der Waals surface area contributed by atoms with E-state index in [1.165, 1.54) is 25.7 Å². The number of anilines is 2. The summed E-state index contributed by atoms with van der Waals surface area (Å²) in [5.74, 6) is 2.20. The Morgan fingerprint density at radius 2 is 1.96 bits per heavy atom. The first-order valence-electron chi connectivity index (χ1n) is 9.15. The number of guanidine groups is 1. The van der Waals surface area contributed by atoms with E-state index < -0.39 is 0 Å². The minimum Gasteiger partial charge on any atom is -0.497 e. The lowest BCUT2D eigenvalue weighted by Crippen LogP contribution is -2.25. The molecule has 2 aromatic rings. The zero-order chi connectivity index (χ0) is 18.2. The van der Waals surface area contributed by atoms with Gasteiger partial charge in [0.15, 0.2) is 5.96 Å². The van der Waals surface area contributed by atoms with Crippen LogP contribution in [0, 0.1) is 0 Å². The number of ether oxygens (including phenoxy) is 1. The van der Waals surface area contributed by atoms with E-state index in [0.717, 1.165) is 35.9 Å². The Morgan fingerprint density at radius 3 is 2.70 bits per heavy atom. The lowest BCUT2D eigenvalue weighted by atomic mass is 10.2. The fourth-order valence-electron chi connectivity index (χ4n) is 3.10. The third kappa shape index (κ3) is 6.57. The van der Waals surface area contributed by atoms with Gasteiger partial charge in [0.2, 0.25) is 0 Å². The summed E-state index contributed by atoms with van der Waals surface area (Å²) >= 11 is 0. The molecule has 1 aromatic heterocycles. The first-order valence-corrected chi connectivity index (χ1v) is 9.15. The number of halogens is 1. The Balaban J connectivity index is 0.00000261. The zero-order valence-electron chi connectivity index (χ0n) is 15.7. The zero-order valence-corrected chi connectivity index (χ0v) is 18.1. The molecule has 7 heteroatoms. The molecule has 0 radical (unpaired) electrons. The van der Waals surface area contributed by atoms with Crippen LogP contribution in [0.15, 0.2) is 47.6 Å². The first-order chi connectivity index (χ1) is 12.7. The van der Waals surface area contributed by atoms with E-state index in [-0.39, 0.29) is 24.0 Å². The van der Waals surface area contributed by atoms with Gasteiger partial charge >= 0.3 is 0 Å². The molecular weight excluding hydrogens is 453 g/mol. The van der Waals surface area contributed by atoms with Gasteiger partial charge in [-0.25, -0.2) is 9.98 Å². The number of aromatic nitrogens is 1. The Morgan fingerprint density at radius 1 is 1.19 bits per heavy atom. The highest BCUT2D eigenvalue weighted by Gasteiger charge is 2.11. The minimum atomic E-state index is 0. The van der Waals surface area contributed by atoms with Crippen LogP contribution >= 0.6 is 24.0 Å². The van der Waals surface area contributed by atoms with Crippen LogP contribution in [0.25, 0.3) is 0 Å². The molecule has 0 atom stereocenters. The fourth-order valence-corrected chi connectivity index (χ4v) is 3.10. The van der Waals surface area contributed by atoms with Gasteiger partial charge in [-0.05, 0) is 42.7 Å². The minimum absolute atomic E-state index is 0. The predicted molar refractivity (Wildman–Crippen MR) is 122 cm³/mol. The highest BCUT2D eigenvalue weighted by molar-refractivity contribution is 14.0. The number of rotatable bonds is 5. The number of nitrogens with two attached hydrogens (primary N) is 1. The van der Waals surface area contributed by atoms with Crippen molar-refractivity contribution >= 4 is 41.4 Å². The molecule has 0 bridgehead atoms. The molecule has 0 amide bonds. The quantitative estimate of drug-likeness (QED) is 0.384. The molecule has 0 saturated carbocycles. The molecule has 1 fully saturated rings. The summed E-state index contributed by atoms with van der Waals surface area (Å²) < 4.78 is 5.21. The molecule has 0 spiro atoms. The topological polar surface area (TPSA) is 75.8 Å². The predicted octanol–water partition coefficient (Wildman–Crippen LogP) is 4.02. The molecule has 146 valence electrons. The second-order valence-electron chi connectivity index (χ2n) is 6.48. The van der Waals surface area contributed by atoms with Crippen LogP contribution in [0.4, 0.5) is 11.5 Å². The van der Waals surface area contributed by atoms with Gasteiger partial charge in [-0.2, -0.15) is 0 Å². The summed E-state index contributed by atoms with van der Waals surface area (Å²) in [6, 6.07) is 11.7. The molecule has 3 rings (SSSR count). The largest absolute Gasteiger partial charge is 0.497 e. The molecule has 1 aromatic carbocycles. The van der Waals surface area contributed by atoms with Gasteiger partial charge in [0, 0.05) is 31.0 Å². The highest BCUT2D eigenvalue weighted by atomic mass is 127. The second kappa shape index (κ2) is 11.0. The van der Waals surface area contributed by atoms with Crippen LogP contribution in [-0.2, 0) is 6.54 Å². The molecule has 3 N–H and O–H groups in total. The standard InChI is InChI=1S/C20H27N5O.HI/c1-26-18-8-6-7-17(14-18)24-20(21)23-15-16-9-10-22-19(13-16)25-11-4-2-3-5-12-25;/h6-10,13-14H,2-5,11-12,15H2,1H3,(H3,21,23,24);1H. The summed E-state index contributed by atoms with van der Waals surface area (Å²) in [7, 11) is 1.64. The Labute approximate surface area is 178 Å². The van der Waals surface area contributed by atoms with E-state index in [0.29, 0.717) is 12.5 Å². The number of pyridine rings is 1. The molecular formula is C20H28IN5O. The van der Waals surface area contributed by atoms with Gasteiger partial charge in [0.05, 0.1) is 13.7 Å². The molecule has 1 aliphatic heterocycles. The number of nitrogens with zero attached hydrogens (tertiary/aromatic N) is 3. The average Bonchev–Trinajstić information content (AvgIpc) is 2.96. The summed E-state index contributed by atoms with van der Waals surface area (Å²) in [6.07, 6.45) is 6.96. The van der Waals surface area contributed by atoms with Crippen LogP contribution < -0.4 is 20.7 Å². The maximum absolute atomic E-state index is 6.02. The van der Waals surface area contributed by atoms with Crippen molar-refractivity contribution in [2.45, 2.75) is 32.2 Å². The maximum Gasteiger partial charge on any atom is 0.193 e. The van der Waals surface area contributed by atoms with E-state index in [9.17, 15) is 0 Å². The normalized spacial score (nSPS) is 14.9. The summed E-state index contributed by atoms with van der Waals surface area (Å²) in [5.41, 5.74) is 7.98. The molecule has 1 aliphatic rings. The molecule has 1 saturated heterocycles. The second-order valence-corrected chi connectivity index (χ2v) is 6.48. The highest BCUT2D eigenvalue weighted by Crippen LogP contribution is 2.19. The van der Waals surface area contributed by atoms with E-state index >= 15 is 0 Å². The molecule has 6 nitrogen and oxygen atoms in total.